The highest BCUT2D eigenvalue weighted by Crippen LogP contribution is 2.20. The molecule has 0 amide bonds. The molecule has 4 rings (SSSR count). The third kappa shape index (κ3) is 2.99. The van der Waals surface area contributed by atoms with Crippen molar-refractivity contribution in [2.45, 2.75) is 6.54 Å². The van der Waals surface area contributed by atoms with Gasteiger partial charge in [-0.25, -0.2) is 0 Å². The van der Waals surface area contributed by atoms with Crippen LogP contribution in [-0.4, -0.2) is 31.9 Å². The lowest BCUT2D eigenvalue weighted by molar-refractivity contribution is 0.410. The number of aromatic nitrogens is 5. The van der Waals surface area contributed by atoms with E-state index in [-0.39, 0.29) is 0 Å². The fourth-order valence-corrected chi connectivity index (χ4v) is 2.60. The number of hydrogen-bond donors (Lipinski definition) is 1. The Morgan fingerprint density at radius 2 is 1.84 bits per heavy atom. The van der Waals surface area contributed by atoms with E-state index in [1.165, 1.54) is 0 Å². The molecular formula is C18H16N6O. The van der Waals surface area contributed by atoms with Crippen LogP contribution in [0.25, 0.3) is 17.0 Å². The second-order valence-corrected chi connectivity index (χ2v) is 5.41. The van der Waals surface area contributed by atoms with E-state index >= 15 is 0 Å². The van der Waals surface area contributed by atoms with Gasteiger partial charge in [0.05, 0.1) is 7.11 Å². The van der Waals surface area contributed by atoms with Crippen LogP contribution in [0.4, 0.5) is 5.82 Å². The molecule has 3 aromatic heterocycles. The molecule has 0 atom stereocenters. The second kappa shape index (κ2) is 6.56. The first-order valence-corrected chi connectivity index (χ1v) is 7.84. The van der Waals surface area contributed by atoms with Crippen molar-refractivity contribution >= 4 is 11.5 Å². The number of pyridine rings is 1. The zero-order chi connectivity index (χ0) is 17.1. The van der Waals surface area contributed by atoms with Gasteiger partial charge in [0.25, 0.3) is 0 Å². The average Bonchev–Trinajstić information content (AvgIpc) is 3.10. The molecule has 0 saturated heterocycles. The molecule has 0 radical (unpaired) electrons. The van der Waals surface area contributed by atoms with Crippen LogP contribution in [-0.2, 0) is 6.54 Å². The summed E-state index contributed by atoms with van der Waals surface area (Å²) in [6.07, 6.45) is 3.44. The van der Waals surface area contributed by atoms with Gasteiger partial charge in [0.15, 0.2) is 11.5 Å². The average molecular weight is 332 g/mol. The van der Waals surface area contributed by atoms with Crippen molar-refractivity contribution in [2.75, 3.05) is 12.4 Å². The Morgan fingerprint density at radius 1 is 1.00 bits per heavy atom. The van der Waals surface area contributed by atoms with Crippen LogP contribution in [0.2, 0.25) is 0 Å². The number of fused-ring (bicyclic) bond motifs is 1. The fraction of sp³-hybridized carbons (Fsp3) is 0.111. The molecule has 0 unspecified atom stereocenters. The minimum Gasteiger partial charge on any atom is -0.496 e. The molecule has 4 aromatic rings. The van der Waals surface area contributed by atoms with Gasteiger partial charge in [-0.1, -0.05) is 18.2 Å². The normalized spacial score (nSPS) is 10.8. The minimum atomic E-state index is 0.606. The lowest BCUT2D eigenvalue weighted by atomic mass is 10.2. The third-order valence-corrected chi connectivity index (χ3v) is 3.85. The number of methoxy groups -OCH3 is 1. The van der Waals surface area contributed by atoms with Crippen molar-refractivity contribution in [2.24, 2.45) is 0 Å². The number of nitrogens with one attached hydrogen (secondary N) is 1. The lowest BCUT2D eigenvalue weighted by Gasteiger charge is -2.10. The Morgan fingerprint density at radius 3 is 2.68 bits per heavy atom. The van der Waals surface area contributed by atoms with E-state index in [1.807, 2.05) is 48.5 Å². The molecule has 0 saturated carbocycles. The fourth-order valence-electron chi connectivity index (χ4n) is 2.60. The van der Waals surface area contributed by atoms with Crippen LogP contribution in [0.3, 0.4) is 0 Å². The van der Waals surface area contributed by atoms with Crippen molar-refractivity contribution in [3.05, 3.63) is 66.5 Å². The van der Waals surface area contributed by atoms with E-state index in [9.17, 15) is 0 Å². The molecule has 1 N–H and O–H groups in total. The van der Waals surface area contributed by atoms with Crippen LogP contribution in [0, 0.1) is 0 Å². The maximum absolute atomic E-state index is 5.38. The van der Waals surface area contributed by atoms with Gasteiger partial charge in [0.2, 0.25) is 0 Å². The standard InChI is InChI=1S/C18H16N6O/c1-25-15-5-3-2-4-14(15)12-20-16-6-7-17-21-22-18(24(17)23-16)13-8-10-19-11-9-13/h2-11H,12H2,1H3,(H,20,23). The molecule has 0 spiro atoms. The molecule has 0 bridgehead atoms. The first kappa shape index (κ1) is 15.1. The number of benzene rings is 1. The summed E-state index contributed by atoms with van der Waals surface area (Å²) in [7, 11) is 1.67. The highest BCUT2D eigenvalue weighted by Gasteiger charge is 2.10. The van der Waals surface area contributed by atoms with E-state index in [0.717, 1.165) is 22.7 Å². The summed E-state index contributed by atoms with van der Waals surface area (Å²) in [5.74, 6) is 2.25. The zero-order valence-corrected chi connectivity index (χ0v) is 13.6. The summed E-state index contributed by atoms with van der Waals surface area (Å²) in [5.41, 5.74) is 2.66. The van der Waals surface area contributed by atoms with Gasteiger partial charge < -0.3 is 10.1 Å². The van der Waals surface area contributed by atoms with Crippen molar-refractivity contribution in [3.8, 4) is 17.1 Å². The lowest BCUT2D eigenvalue weighted by Crippen LogP contribution is -2.05. The number of rotatable bonds is 5. The molecule has 7 nitrogen and oxygen atoms in total. The Hall–Kier alpha value is -3.48. The monoisotopic (exact) mass is 332 g/mol. The van der Waals surface area contributed by atoms with Gasteiger partial charge in [-0.15, -0.1) is 15.3 Å². The van der Waals surface area contributed by atoms with E-state index < -0.39 is 0 Å². The van der Waals surface area contributed by atoms with Gasteiger partial charge in [0.1, 0.15) is 11.6 Å². The largest absolute Gasteiger partial charge is 0.496 e. The number of anilines is 1. The summed E-state index contributed by atoms with van der Waals surface area (Å²) in [4.78, 5) is 4.03. The van der Waals surface area contributed by atoms with Crippen LogP contribution in [0.1, 0.15) is 5.56 Å². The van der Waals surface area contributed by atoms with E-state index in [1.54, 1.807) is 24.0 Å². The molecule has 1 aromatic carbocycles. The van der Waals surface area contributed by atoms with Crippen LogP contribution in [0.5, 0.6) is 5.75 Å². The number of para-hydroxylation sites is 1. The molecule has 0 aliphatic carbocycles. The van der Waals surface area contributed by atoms with E-state index in [4.69, 9.17) is 4.74 Å². The van der Waals surface area contributed by atoms with Gasteiger partial charge in [-0.05, 0) is 30.3 Å². The second-order valence-electron chi connectivity index (χ2n) is 5.41. The van der Waals surface area contributed by atoms with Crippen molar-refractivity contribution in [1.29, 1.82) is 0 Å². The summed E-state index contributed by atoms with van der Waals surface area (Å²) in [6, 6.07) is 15.4. The predicted molar refractivity (Wildman–Crippen MR) is 94.3 cm³/mol. The minimum absolute atomic E-state index is 0.606. The first-order chi connectivity index (χ1) is 12.3. The Labute approximate surface area is 144 Å². The van der Waals surface area contributed by atoms with E-state index in [0.29, 0.717) is 18.0 Å². The van der Waals surface area contributed by atoms with Crippen LogP contribution in [0.15, 0.2) is 60.9 Å². The Bertz CT molecular complexity index is 999. The van der Waals surface area contributed by atoms with E-state index in [2.05, 4.69) is 25.6 Å². The van der Waals surface area contributed by atoms with Crippen LogP contribution < -0.4 is 10.1 Å². The highest BCUT2D eigenvalue weighted by atomic mass is 16.5. The maximum atomic E-state index is 5.38. The number of ether oxygens (including phenoxy) is 1. The molecule has 124 valence electrons. The van der Waals surface area contributed by atoms with Gasteiger partial charge in [0, 0.05) is 30.1 Å². The molecule has 7 heteroatoms. The Kier molecular flexibility index (Phi) is 3.96. The smallest absolute Gasteiger partial charge is 0.185 e. The first-order valence-electron chi connectivity index (χ1n) is 7.84. The summed E-state index contributed by atoms with van der Waals surface area (Å²) >= 11 is 0. The number of hydrogen-bond acceptors (Lipinski definition) is 6. The predicted octanol–water partition coefficient (Wildman–Crippen LogP) is 2.81. The van der Waals surface area contributed by atoms with Crippen molar-refractivity contribution < 1.29 is 4.74 Å². The zero-order valence-electron chi connectivity index (χ0n) is 13.6. The molecule has 0 aliphatic rings. The van der Waals surface area contributed by atoms with Gasteiger partial charge >= 0.3 is 0 Å². The molecule has 3 heterocycles. The molecule has 0 fully saturated rings. The maximum Gasteiger partial charge on any atom is 0.185 e. The molecule has 0 aliphatic heterocycles. The number of nitrogens with zero attached hydrogens (tertiary/aromatic N) is 5. The van der Waals surface area contributed by atoms with Crippen LogP contribution >= 0.6 is 0 Å². The molecule has 25 heavy (non-hydrogen) atoms. The topological polar surface area (TPSA) is 77.2 Å². The Balaban J connectivity index is 1.63. The van der Waals surface area contributed by atoms with Gasteiger partial charge in [-0.3, -0.25) is 4.98 Å². The highest BCUT2D eigenvalue weighted by molar-refractivity contribution is 5.58. The SMILES string of the molecule is COc1ccccc1CNc1ccc2nnc(-c3ccncc3)n2n1. The summed E-state index contributed by atoms with van der Waals surface area (Å²) < 4.78 is 7.10. The quantitative estimate of drug-likeness (QED) is 0.605. The van der Waals surface area contributed by atoms with Crippen molar-refractivity contribution in [1.82, 2.24) is 24.8 Å². The summed E-state index contributed by atoms with van der Waals surface area (Å²) in [5, 5.41) is 16.3. The molecular weight excluding hydrogens is 316 g/mol. The summed E-state index contributed by atoms with van der Waals surface area (Å²) in [6.45, 7) is 0.606. The van der Waals surface area contributed by atoms with Crippen molar-refractivity contribution in [3.63, 3.8) is 0 Å². The van der Waals surface area contributed by atoms with Gasteiger partial charge in [-0.2, -0.15) is 4.52 Å². The third-order valence-electron chi connectivity index (χ3n) is 3.85.